The number of hydrogen-bond donors (Lipinski definition) is 1. The van der Waals surface area contributed by atoms with Crippen LogP contribution in [0.15, 0.2) is 18.3 Å². The molecular formula is C8H14N2O. The maximum Gasteiger partial charge on any atom is 0.150 e. The van der Waals surface area contributed by atoms with E-state index < -0.39 is 0 Å². The van der Waals surface area contributed by atoms with Crippen molar-refractivity contribution in [2.75, 3.05) is 21.2 Å². The summed E-state index contributed by atoms with van der Waals surface area (Å²) in [5.41, 5.74) is 1.08. The van der Waals surface area contributed by atoms with Gasteiger partial charge in [-0.2, -0.15) is 0 Å². The summed E-state index contributed by atoms with van der Waals surface area (Å²) in [6, 6.07) is 3.97. The quantitative estimate of drug-likeness (QED) is 0.663. The van der Waals surface area contributed by atoms with Crippen molar-refractivity contribution >= 4 is 0 Å². The van der Waals surface area contributed by atoms with Crippen LogP contribution in [0, 0.1) is 0 Å². The van der Waals surface area contributed by atoms with E-state index in [1.165, 1.54) is 0 Å². The van der Waals surface area contributed by atoms with Crippen molar-refractivity contribution in [3.8, 4) is 0 Å². The van der Waals surface area contributed by atoms with Crippen LogP contribution in [0.2, 0.25) is 0 Å². The Bertz CT molecular complexity index is 194. The molecule has 0 fully saturated rings. The molecule has 11 heavy (non-hydrogen) atoms. The highest BCUT2D eigenvalue weighted by molar-refractivity contribution is 5.06. The fourth-order valence-corrected chi connectivity index (χ4v) is 1.11. The molecule has 1 atom stereocenters. The highest BCUT2D eigenvalue weighted by Gasteiger charge is 2.12. The molecule has 3 nitrogen and oxygen atoms in total. The fraction of sp³-hybridized carbons (Fsp3) is 0.500. The molecule has 0 bridgehead atoms. The van der Waals surface area contributed by atoms with Gasteiger partial charge in [-0.15, -0.1) is 0 Å². The summed E-state index contributed by atoms with van der Waals surface area (Å²) in [5, 5.41) is 0. The Labute approximate surface area is 67.0 Å². The third-order valence-electron chi connectivity index (χ3n) is 1.58. The van der Waals surface area contributed by atoms with E-state index in [4.69, 9.17) is 4.74 Å². The minimum absolute atomic E-state index is 0.0324. The van der Waals surface area contributed by atoms with E-state index in [0.717, 1.165) is 5.69 Å². The van der Waals surface area contributed by atoms with Crippen molar-refractivity contribution in [3.63, 3.8) is 0 Å². The van der Waals surface area contributed by atoms with Crippen LogP contribution in [0.1, 0.15) is 11.9 Å². The standard InChI is InChI=1S/C8H14N2O/c1-10(2)8(11-3)7-5-4-6-9-7/h4-6,8-9H,1-3H3. The zero-order valence-electron chi connectivity index (χ0n) is 7.16. The summed E-state index contributed by atoms with van der Waals surface area (Å²) in [6.45, 7) is 0. The number of aromatic nitrogens is 1. The fourth-order valence-electron chi connectivity index (χ4n) is 1.11. The van der Waals surface area contributed by atoms with E-state index in [1.54, 1.807) is 7.11 Å². The maximum absolute atomic E-state index is 5.25. The lowest BCUT2D eigenvalue weighted by Gasteiger charge is -2.21. The van der Waals surface area contributed by atoms with Gasteiger partial charge >= 0.3 is 0 Å². The van der Waals surface area contributed by atoms with Crippen LogP contribution < -0.4 is 0 Å². The predicted molar refractivity (Wildman–Crippen MR) is 44.2 cm³/mol. The predicted octanol–water partition coefficient (Wildman–Crippen LogP) is 1.22. The number of rotatable bonds is 3. The summed E-state index contributed by atoms with van der Waals surface area (Å²) >= 11 is 0. The lowest BCUT2D eigenvalue weighted by Crippen LogP contribution is -2.21. The Hall–Kier alpha value is -0.800. The molecule has 0 saturated heterocycles. The van der Waals surface area contributed by atoms with Gasteiger partial charge in [-0.3, -0.25) is 4.90 Å². The first kappa shape index (κ1) is 8.30. The minimum atomic E-state index is 0.0324. The van der Waals surface area contributed by atoms with Gasteiger partial charge < -0.3 is 9.72 Å². The third kappa shape index (κ3) is 1.82. The van der Waals surface area contributed by atoms with Gasteiger partial charge in [0, 0.05) is 13.3 Å². The minimum Gasteiger partial charge on any atom is -0.362 e. The van der Waals surface area contributed by atoms with Crippen LogP contribution in [0.25, 0.3) is 0 Å². The molecule has 0 radical (unpaired) electrons. The highest BCUT2D eigenvalue weighted by Crippen LogP contribution is 2.15. The molecule has 1 unspecified atom stereocenters. The lowest BCUT2D eigenvalue weighted by atomic mass is 10.3. The monoisotopic (exact) mass is 154 g/mol. The van der Waals surface area contributed by atoms with E-state index >= 15 is 0 Å². The van der Waals surface area contributed by atoms with Gasteiger partial charge in [0.05, 0.1) is 5.69 Å². The molecule has 1 rings (SSSR count). The summed E-state index contributed by atoms with van der Waals surface area (Å²) in [7, 11) is 5.66. The maximum atomic E-state index is 5.25. The second kappa shape index (κ2) is 3.55. The molecule has 3 heteroatoms. The lowest BCUT2D eigenvalue weighted by molar-refractivity contribution is -0.00818. The van der Waals surface area contributed by atoms with Crippen molar-refractivity contribution in [1.29, 1.82) is 0 Å². The Kier molecular flexibility index (Phi) is 2.68. The molecule has 0 amide bonds. The number of nitrogens with one attached hydrogen (secondary N) is 1. The van der Waals surface area contributed by atoms with E-state index in [1.807, 2.05) is 37.3 Å². The summed E-state index contributed by atoms with van der Waals surface area (Å²) in [5.74, 6) is 0. The van der Waals surface area contributed by atoms with Gasteiger partial charge in [-0.05, 0) is 26.2 Å². The van der Waals surface area contributed by atoms with Crippen molar-refractivity contribution in [2.24, 2.45) is 0 Å². The molecule has 0 spiro atoms. The highest BCUT2D eigenvalue weighted by atomic mass is 16.5. The summed E-state index contributed by atoms with van der Waals surface area (Å²) < 4.78 is 5.25. The van der Waals surface area contributed by atoms with Gasteiger partial charge in [0.2, 0.25) is 0 Å². The van der Waals surface area contributed by atoms with E-state index in [9.17, 15) is 0 Å². The number of aromatic amines is 1. The molecule has 0 aliphatic heterocycles. The normalized spacial score (nSPS) is 13.8. The van der Waals surface area contributed by atoms with Crippen LogP contribution >= 0.6 is 0 Å². The molecular weight excluding hydrogens is 140 g/mol. The largest absolute Gasteiger partial charge is 0.362 e. The molecule has 1 aromatic rings. The Morgan fingerprint density at radius 1 is 1.55 bits per heavy atom. The molecule has 62 valence electrons. The number of ether oxygens (including phenoxy) is 1. The van der Waals surface area contributed by atoms with E-state index in [0.29, 0.717) is 0 Å². The van der Waals surface area contributed by atoms with Crippen LogP contribution in [0.5, 0.6) is 0 Å². The molecule has 1 heterocycles. The first-order valence-corrected chi connectivity index (χ1v) is 3.58. The molecule has 0 aliphatic carbocycles. The van der Waals surface area contributed by atoms with Crippen molar-refractivity contribution in [1.82, 2.24) is 9.88 Å². The molecule has 0 saturated carbocycles. The van der Waals surface area contributed by atoms with Gasteiger partial charge in [0.1, 0.15) is 0 Å². The molecule has 0 aromatic carbocycles. The number of methoxy groups -OCH3 is 1. The van der Waals surface area contributed by atoms with Gasteiger partial charge in [-0.1, -0.05) is 0 Å². The van der Waals surface area contributed by atoms with Crippen LogP contribution in [0.4, 0.5) is 0 Å². The van der Waals surface area contributed by atoms with Crippen LogP contribution in [0.3, 0.4) is 0 Å². The topological polar surface area (TPSA) is 28.3 Å². The van der Waals surface area contributed by atoms with Crippen molar-refractivity contribution in [3.05, 3.63) is 24.0 Å². The van der Waals surface area contributed by atoms with E-state index in [-0.39, 0.29) is 6.23 Å². The van der Waals surface area contributed by atoms with Crippen LogP contribution in [-0.4, -0.2) is 31.1 Å². The molecule has 1 N–H and O–H groups in total. The Morgan fingerprint density at radius 2 is 2.27 bits per heavy atom. The smallest absolute Gasteiger partial charge is 0.150 e. The van der Waals surface area contributed by atoms with Crippen molar-refractivity contribution in [2.45, 2.75) is 6.23 Å². The molecule has 0 aliphatic rings. The summed E-state index contributed by atoms with van der Waals surface area (Å²) in [4.78, 5) is 5.11. The summed E-state index contributed by atoms with van der Waals surface area (Å²) in [6.07, 6.45) is 1.93. The second-order valence-electron chi connectivity index (χ2n) is 2.68. The first-order valence-electron chi connectivity index (χ1n) is 3.58. The third-order valence-corrected chi connectivity index (χ3v) is 1.58. The van der Waals surface area contributed by atoms with Crippen LogP contribution in [-0.2, 0) is 4.74 Å². The SMILES string of the molecule is COC(c1ccc[nH]1)N(C)C. The van der Waals surface area contributed by atoms with E-state index in [2.05, 4.69) is 4.98 Å². The average Bonchev–Trinajstić information content (AvgIpc) is 2.40. The van der Waals surface area contributed by atoms with Crippen molar-refractivity contribution < 1.29 is 4.74 Å². The second-order valence-corrected chi connectivity index (χ2v) is 2.68. The average molecular weight is 154 g/mol. The van der Waals surface area contributed by atoms with Gasteiger partial charge in [-0.25, -0.2) is 0 Å². The molecule has 1 aromatic heterocycles. The first-order chi connectivity index (χ1) is 5.25. The van der Waals surface area contributed by atoms with Gasteiger partial charge in [0.25, 0.3) is 0 Å². The van der Waals surface area contributed by atoms with Gasteiger partial charge in [0.15, 0.2) is 6.23 Å². The Balaban J connectivity index is 2.71. The number of nitrogens with zero attached hydrogens (tertiary/aromatic N) is 1. The number of hydrogen-bond acceptors (Lipinski definition) is 2. The Morgan fingerprint density at radius 3 is 2.64 bits per heavy atom. The number of H-pyrrole nitrogens is 1. The zero-order valence-corrected chi connectivity index (χ0v) is 7.16. The zero-order chi connectivity index (χ0) is 8.27.